The number of fused-ring (bicyclic) bond motifs is 1. The van der Waals surface area contributed by atoms with E-state index in [2.05, 4.69) is 36.8 Å². The topological polar surface area (TPSA) is 44.9 Å². The Labute approximate surface area is 137 Å². The highest BCUT2D eigenvalue weighted by Gasteiger charge is 2.28. The van der Waals surface area contributed by atoms with E-state index in [4.69, 9.17) is 0 Å². The van der Waals surface area contributed by atoms with E-state index in [-0.39, 0.29) is 0 Å². The van der Waals surface area contributed by atoms with Gasteiger partial charge in [0.15, 0.2) is 0 Å². The number of aromatic amines is 1. The molecule has 1 aliphatic rings. The summed E-state index contributed by atoms with van der Waals surface area (Å²) in [5.74, 6) is 0. The minimum Gasteiger partial charge on any atom is -0.391 e. The standard InChI is InChI=1S/C20H24N2O/c1-13(16-7-8-20(2,3)11-19(16)21-4)18-10-15-9-14(12-23)5-6-17(15)22-18/h5-6,9-10,12,21-22H,1,7-8,11H2,2-4H3. The van der Waals surface area contributed by atoms with Crippen LogP contribution in [0.25, 0.3) is 16.5 Å². The molecule has 0 aliphatic heterocycles. The highest BCUT2D eigenvalue weighted by atomic mass is 16.1. The van der Waals surface area contributed by atoms with E-state index in [1.807, 2.05) is 25.2 Å². The first kappa shape index (κ1) is 15.6. The number of aromatic nitrogens is 1. The van der Waals surface area contributed by atoms with Crippen molar-refractivity contribution in [3.05, 3.63) is 53.4 Å². The first-order valence-electron chi connectivity index (χ1n) is 8.11. The second-order valence-electron chi connectivity index (χ2n) is 7.17. The number of hydrogen-bond acceptors (Lipinski definition) is 2. The number of carbonyl (C=O) groups excluding carboxylic acids is 1. The van der Waals surface area contributed by atoms with E-state index >= 15 is 0 Å². The molecular weight excluding hydrogens is 284 g/mol. The maximum Gasteiger partial charge on any atom is 0.150 e. The van der Waals surface area contributed by atoms with Gasteiger partial charge < -0.3 is 10.3 Å². The summed E-state index contributed by atoms with van der Waals surface area (Å²) < 4.78 is 0. The molecule has 0 unspecified atom stereocenters. The van der Waals surface area contributed by atoms with E-state index in [9.17, 15) is 4.79 Å². The van der Waals surface area contributed by atoms with Crippen molar-refractivity contribution >= 4 is 22.8 Å². The minimum atomic E-state index is 0.335. The molecule has 3 nitrogen and oxygen atoms in total. The fraction of sp³-hybridized carbons (Fsp3) is 0.350. The molecule has 1 heterocycles. The predicted molar refractivity (Wildman–Crippen MR) is 96.4 cm³/mol. The Bertz CT molecular complexity index is 808. The van der Waals surface area contributed by atoms with Crippen LogP contribution in [-0.2, 0) is 0 Å². The van der Waals surface area contributed by atoms with Crippen molar-refractivity contribution in [3.63, 3.8) is 0 Å². The lowest BCUT2D eigenvalue weighted by Crippen LogP contribution is -2.24. The van der Waals surface area contributed by atoms with Gasteiger partial charge in [-0.1, -0.05) is 20.4 Å². The van der Waals surface area contributed by atoms with E-state index in [0.29, 0.717) is 11.0 Å². The minimum absolute atomic E-state index is 0.335. The molecule has 2 N–H and O–H groups in total. The lowest BCUT2D eigenvalue weighted by molar-refractivity contribution is 0.112. The molecule has 0 saturated carbocycles. The molecule has 0 radical (unpaired) electrons. The maximum absolute atomic E-state index is 10.9. The van der Waals surface area contributed by atoms with Gasteiger partial charge in [-0.2, -0.15) is 0 Å². The van der Waals surface area contributed by atoms with Crippen LogP contribution in [-0.4, -0.2) is 18.3 Å². The largest absolute Gasteiger partial charge is 0.391 e. The normalized spacial score (nSPS) is 17.3. The Balaban J connectivity index is 1.99. The summed E-state index contributed by atoms with van der Waals surface area (Å²) >= 11 is 0. The highest BCUT2D eigenvalue weighted by molar-refractivity contribution is 5.91. The van der Waals surface area contributed by atoms with Gasteiger partial charge in [0.1, 0.15) is 6.29 Å². The van der Waals surface area contributed by atoms with E-state index in [1.165, 1.54) is 17.7 Å². The fourth-order valence-corrected chi connectivity index (χ4v) is 3.41. The third kappa shape index (κ3) is 2.96. The second kappa shape index (κ2) is 5.73. The molecule has 3 heteroatoms. The number of aldehydes is 1. The molecule has 0 atom stereocenters. The van der Waals surface area contributed by atoms with Crippen LogP contribution >= 0.6 is 0 Å². The van der Waals surface area contributed by atoms with Crippen LogP contribution in [0.1, 0.15) is 49.2 Å². The van der Waals surface area contributed by atoms with Gasteiger partial charge in [-0.25, -0.2) is 0 Å². The summed E-state index contributed by atoms with van der Waals surface area (Å²) in [6, 6.07) is 7.78. The lowest BCUT2D eigenvalue weighted by Gasteiger charge is -2.33. The number of H-pyrrole nitrogens is 1. The number of rotatable bonds is 4. The Morgan fingerprint density at radius 1 is 1.35 bits per heavy atom. The first-order valence-corrected chi connectivity index (χ1v) is 8.11. The molecule has 1 aliphatic carbocycles. The third-order valence-corrected chi connectivity index (χ3v) is 4.84. The van der Waals surface area contributed by atoms with Crippen molar-refractivity contribution < 1.29 is 4.79 Å². The van der Waals surface area contributed by atoms with Crippen LogP contribution in [0.2, 0.25) is 0 Å². The average molecular weight is 308 g/mol. The number of hydrogen-bond donors (Lipinski definition) is 2. The highest BCUT2D eigenvalue weighted by Crippen LogP contribution is 2.41. The summed E-state index contributed by atoms with van der Waals surface area (Å²) in [5.41, 5.74) is 6.76. The molecule has 1 aromatic carbocycles. The zero-order chi connectivity index (χ0) is 16.6. The Morgan fingerprint density at radius 2 is 2.13 bits per heavy atom. The molecule has 0 saturated heterocycles. The van der Waals surface area contributed by atoms with Gasteiger partial charge in [0.05, 0.1) is 0 Å². The van der Waals surface area contributed by atoms with E-state index in [1.54, 1.807) is 0 Å². The predicted octanol–water partition coefficient (Wildman–Crippen LogP) is 4.68. The first-order chi connectivity index (χ1) is 10.9. The van der Waals surface area contributed by atoms with Crippen LogP contribution in [0.3, 0.4) is 0 Å². The number of nitrogens with one attached hydrogen (secondary N) is 2. The third-order valence-electron chi connectivity index (χ3n) is 4.84. The maximum atomic E-state index is 10.9. The molecule has 0 bridgehead atoms. The van der Waals surface area contributed by atoms with Gasteiger partial charge in [-0.3, -0.25) is 4.79 Å². The number of carbonyl (C=O) groups is 1. The average Bonchev–Trinajstić information content (AvgIpc) is 2.96. The Hall–Kier alpha value is -2.29. The van der Waals surface area contributed by atoms with Gasteiger partial charge in [0.2, 0.25) is 0 Å². The Kier molecular flexibility index (Phi) is 3.88. The Morgan fingerprint density at radius 3 is 2.83 bits per heavy atom. The smallest absolute Gasteiger partial charge is 0.150 e. The molecule has 120 valence electrons. The molecule has 0 spiro atoms. The van der Waals surface area contributed by atoms with Gasteiger partial charge in [0.25, 0.3) is 0 Å². The van der Waals surface area contributed by atoms with Crippen molar-refractivity contribution in [1.82, 2.24) is 10.3 Å². The zero-order valence-electron chi connectivity index (χ0n) is 14.1. The monoisotopic (exact) mass is 308 g/mol. The molecular formula is C20H24N2O. The van der Waals surface area contributed by atoms with Gasteiger partial charge in [-0.15, -0.1) is 0 Å². The summed E-state index contributed by atoms with van der Waals surface area (Å²) in [6.07, 6.45) is 4.14. The molecule has 23 heavy (non-hydrogen) atoms. The van der Waals surface area contributed by atoms with Gasteiger partial charge in [-0.05, 0) is 60.1 Å². The molecule has 0 fully saturated rings. The quantitative estimate of drug-likeness (QED) is 0.806. The lowest BCUT2D eigenvalue weighted by atomic mass is 9.75. The fourth-order valence-electron chi connectivity index (χ4n) is 3.41. The summed E-state index contributed by atoms with van der Waals surface area (Å²) in [6.45, 7) is 8.96. The van der Waals surface area contributed by atoms with Crippen LogP contribution in [0, 0.1) is 5.41 Å². The second-order valence-corrected chi connectivity index (χ2v) is 7.17. The number of benzene rings is 1. The van der Waals surface area contributed by atoms with Crippen LogP contribution in [0.5, 0.6) is 0 Å². The molecule has 0 amide bonds. The molecule has 2 aromatic rings. The van der Waals surface area contributed by atoms with Gasteiger partial charge in [0, 0.05) is 34.9 Å². The van der Waals surface area contributed by atoms with Crippen molar-refractivity contribution in [2.45, 2.75) is 33.1 Å². The zero-order valence-corrected chi connectivity index (χ0v) is 14.1. The molecule has 1 aromatic heterocycles. The van der Waals surface area contributed by atoms with Crippen LogP contribution < -0.4 is 5.32 Å². The summed E-state index contributed by atoms with van der Waals surface area (Å²) in [7, 11) is 1.99. The van der Waals surface area contributed by atoms with Crippen molar-refractivity contribution in [3.8, 4) is 0 Å². The van der Waals surface area contributed by atoms with Crippen molar-refractivity contribution in [2.24, 2.45) is 5.41 Å². The summed E-state index contributed by atoms with van der Waals surface area (Å²) in [5, 5.41) is 4.42. The van der Waals surface area contributed by atoms with E-state index in [0.717, 1.165) is 41.3 Å². The van der Waals surface area contributed by atoms with Crippen molar-refractivity contribution in [1.29, 1.82) is 0 Å². The number of allylic oxidation sites excluding steroid dienone is 3. The SMILES string of the molecule is C=C(C1=C(NC)CC(C)(C)CC1)c1cc2cc(C=O)ccc2[nH]1. The summed E-state index contributed by atoms with van der Waals surface area (Å²) in [4.78, 5) is 14.4. The van der Waals surface area contributed by atoms with Crippen molar-refractivity contribution in [2.75, 3.05) is 7.05 Å². The molecule has 3 rings (SSSR count). The van der Waals surface area contributed by atoms with Crippen LogP contribution in [0.4, 0.5) is 0 Å². The van der Waals surface area contributed by atoms with Gasteiger partial charge >= 0.3 is 0 Å². The van der Waals surface area contributed by atoms with Crippen LogP contribution in [0.15, 0.2) is 42.1 Å². The van der Waals surface area contributed by atoms with E-state index < -0.39 is 0 Å².